The van der Waals surface area contributed by atoms with Gasteiger partial charge in [-0.05, 0) is 24.9 Å². The minimum Gasteiger partial charge on any atom is -0.298 e. The molecule has 1 aromatic rings. The lowest BCUT2D eigenvalue weighted by molar-refractivity contribution is -0.122. The van der Waals surface area contributed by atoms with E-state index in [0.29, 0.717) is 12.3 Å². The van der Waals surface area contributed by atoms with Crippen LogP contribution in [0.15, 0.2) is 30.3 Å². The predicted octanol–water partition coefficient (Wildman–Crippen LogP) is 1.89. The van der Waals surface area contributed by atoms with E-state index in [-0.39, 0.29) is 0 Å². The number of piperidine rings is 1. The molecule has 0 aromatic heterocycles. The van der Waals surface area contributed by atoms with Gasteiger partial charge in [0.05, 0.1) is 6.54 Å². The summed E-state index contributed by atoms with van der Waals surface area (Å²) in [6.45, 7) is 2.75. The summed E-state index contributed by atoms with van der Waals surface area (Å²) in [5.41, 5.74) is 1.36. The number of rotatable bonds is 3. The third-order valence-corrected chi connectivity index (χ3v) is 2.89. The molecule has 1 aromatic carbocycles. The minimum absolute atomic E-state index is 0.398. The summed E-state index contributed by atoms with van der Waals surface area (Å²) in [5.74, 6) is 0.398. The molecule has 0 bridgehead atoms. The van der Waals surface area contributed by atoms with E-state index in [9.17, 15) is 4.79 Å². The summed E-state index contributed by atoms with van der Waals surface area (Å²) in [5, 5.41) is 0. The first-order chi connectivity index (χ1) is 7.34. The third-order valence-electron chi connectivity index (χ3n) is 2.89. The van der Waals surface area contributed by atoms with E-state index < -0.39 is 0 Å². The molecular formula is C13H17NO. The van der Waals surface area contributed by atoms with Crippen LogP contribution in [0.25, 0.3) is 0 Å². The van der Waals surface area contributed by atoms with E-state index in [1.807, 2.05) is 6.07 Å². The molecule has 1 aliphatic heterocycles. The minimum atomic E-state index is 0.398. The Balaban J connectivity index is 1.80. The molecule has 0 atom stereocenters. The quantitative estimate of drug-likeness (QED) is 0.747. The first-order valence-corrected chi connectivity index (χ1v) is 5.62. The molecule has 0 amide bonds. The van der Waals surface area contributed by atoms with Crippen molar-refractivity contribution in [3.8, 4) is 0 Å². The average molecular weight is 203 g/mol. The van der Waals surface area contributed by atoms with E-state index in [1.54, 1.807) is 0 Å². The Labute approximate surface area is 90.9 Å². The van der Waals surface area contributed by atoms with Crippen molar-refractivity contribution in [2.75, 3.05) is 19.6 Å². The fraction of sp³-hybridized carbons (Fsp3) is 0.462. The van der Waals surface area contributed by atoms with Gasteiger partial charge in [-0.1, -0.05) is 30.3 Å². The second kappa shape index (κ2) is 5.08. The maximum Gasteiger partial charge on any atom is 0.146 e. The van der Waals surface area contributed by atoms with Crippen LogP contribution in [0.5, 0.6) is 0 Å². The fourth-order valence-corrected chi connectivity index (χ4v) is 2.03. The van der Waals surface area contributed by atoms with Gasteiger partial charge in [-0.25, -0.2) is 0 Å². The standard InChI is InChI=1S/C13H17NO/c15-13-7-4-9-14(11-13)10-8-12-5-2-1-3-6-12/h1-3,5-6H,4,7-11H2. The highest BCUT2D eigenvalue weighted by molar-refractivity contribution is 5.81. The first kappa shape index (κ1) is 10.4. The zero-order valence-electron chi connectivity index (χ0n) is 8.98. The van der Waals surface area contributed by atoms with Crippen molar-refractivity contribution in [1.29, 1.82) is 0 Å². The summed E-state index contributed by atoms with van der Waals surface area (Å²) in [4.78, 5) is 13.5. The molecule has 2 nitrogen and oxygen atoms in total. The molecule has 2 rings (SSSR count). The Hall–Kier alpha value is -1.15. The highest BCUT2D eigenvalue weighted by Gasteiger charge is 2.15. The number of Topliss-reactive ketones (excluding diaryl/α,β-unsaturated/α-hetero) is 1. The van der Waals surface area contributed by atoms with Gasteiger partial charge >= 0.3 is 0 Å². The summed E-state index contributed by atoms with van der Waals surface area (Å²) in [6, 6.07) is 10.5. The molecule has 0 unspecified atom stereocenters. The summed E-state index contributed by atoms with van der Waals surface area (Å²) in [7, 11) is 0. The average Bonchev–Trinajstić information content (AvgIpc) is 2.28. The Morgan fingerprint density at radius 3 is 2.73 bits per heavy atom. The normalized spacial score (nSPS) is 18.0. The number of benzene rings is 1. The van der Waals surface area contributed by atoms with E-state index in [1.165, 1.54) is 5.56 Å². The van der Waals surface area contributed by atoms with E-state index >= 15 is 0 Å². The van der Waals surface area contributed by atoms with Crippen LogP contribution in [0, 0.1) is 0 Å². The van der Waals surface area contributed by atoms with Crippen molar-refractivity contribution in [1.82, 2.24) is 4.90 Å². The van der Waals surface area contributed by atoms with Gasteiger partial charge in [-0.2, -0.15) is 0 Å². The second-order valence-corrected chi connectivity index (χ2v) is 4.15. The Bertz CT molecular complexity index is 321. The highest BCUT2D eigenvalue weighted by Crippen LogP contribution is 2.07. The van der Waals surface area contributed by atoms with Gasteiger partial charge < -0.3 is 0 Å². The zero-order chi connectivity index (χ0) is 10.5. The topological polar surface area (TPSA) is 20.3 Å². The summed E-state index contributed by atoms with van der Waals surface area (Å²) >= 11 is 0. The van der Waals surface area contributed by atoms with Crippen LogP contribution in [0.3, 0.4) is 0 Å². The van der Waals surface area contributed by atoms with E-state index in [0.717, 1.165) is 32.4 Å². The molecule has 1 aliphatic rings. The number of hydrogen-bond donors (Lipinski definition) is 0. The molecule has 1 saturated heterocycles. The van der Waals surface area contributed by atoms with Gasteiger partial charge in [0.25, 0.3) is 0 Å². The van der Waals surface area contributed by atoms with Crippen molar-refractivity contribution in [2.24, 2.45) is 0 Å². The summed E-state index contributed by atoms with van der Waals surface area (Å²) in [6.07, 6.45) is 2.86. The number of carbonyl (C=O) groups is 1. The lowest BCUT2D eigenvalue weighted by Gasteiger charge is -2.25. The fourth-order valence-electron chi connectivity index (χ4n) is 2.03. The van der Waals surface area contributed by atoms with Gasteiger partial charge in [-0.3, -0.25) is 9.69 Å². The van der Waals surface area contributed by atoms with E-state index in [2.05, 4.69) is 29.2 Å². The Kier molecular flexibility index (Phi) is 3.51. The van der Waals surface area contributed by atoms with Crippen molar-refractivity contribution in [2.45, 2.75) is 19.3 Å². The van der Waals surface area contributed by atoms with Gasteiger partial charge in [0.1, 0.15) is 5.78 Å². The zero-order valence-corrected chi connectivity index (χ0v) is 8.98. The van der Waals surface area contributed by atoms with Crippen molar-refractivity contribution in [3.63, 3.8) is 0 Å². The number of carbonyl (C=O) groups excluding carboxylic acids is 1. The molecule has 0 radical (unpaired) electrons. The SMILES string of the molecule is O=C1CCCN(CCc2ccccc2)C1. The Morgan fingerprint density at radius 2 is 2.00 bits per heavy atom. The molecular weight excluding hydrogens is 186 g/mol. The van der Waals surface area contributed by atoms with Crippen LogP contribution < -0.4 is 0 Å². The van der Waals surface area contributed by atoms with E-state index in [4.69, 9.17) is 0 Å². The molecule has 0 saturated carbocycles. The molecule has 15 heavy (non-hydrogen) atoms. The largest absolute Gasteiger partial charge is 0.298 e. The van der Waals surface area contributed by atoms with Gasteiger partial charge in [0.2, 0.25) is 0 Å². The van der Waals surface area contributed by atoms with Crippen molar-refractivity contribution >= 4 is 5.78 Å². The molecule has 0 N–H and O–H groups in total. The number of ketones is 1. The van der Waals surface area contributed by atoms with Crippen LogP contribution in [0.2, 0.25) is 0 Å². The Morgan fingerprint density at radius 1 is 1.20 bits per heavy atom. The molecule has 0 aliphatic carbocycles. The van der Waals surface area contributed by atoms with Crippen LogP contribution in [-0.4, -0.2) is 30.3 Å². The lowest BCUT2D eigenvalue weighted by atomic mass is 10.1. The first-order valence-electron chi connectivity index (χ1n) is 5.62. The third kappa shape index (κ3) is 3.17. The monoisotopic (exact) mass is 203 g/mol. The molecule has 1 heterocycles. The lowest BCUT2D eigenvalue weighted by Crippen LogP contribution is -2.36. The second-order valence-electron chi connectivity index (χ2n) is 4.15. The van der Waals surface area contributed by atoms with Gasteiger partial charge in [0, 0.05) is 13.0 Å². The van der Waals surface area contributed by atoms with Crippen molar-refractivity contribution in [3.05, 3.63) is 35.9 Å². The van der Waals surface area contributed by atoms with Crippen LogP contribution in [-0.2, 0) is 11.2 Å². The molecule has 2 heteroatoms. The van der Waals surface area contributed by atoms with Gasteiger partial charge in [0.15, 0.2) is 0 Å². The maximum atomic E-state index is 11.2. The molecule has 0 spiro atoms. The molecule has 1 fully saturated rings. The molecule has 80 valence electrons. The predicted molar refractivity (Wildman–Crippen MR) is 60.8 cm³/mol. The highest BCUT2D eigenvalue weighted by atomic mass is 16.1. The maximum absolute atomic E-state index is 11.2. The number of hydrogen-bond acceptors (Lipinski definition) is 2. The number of nitrogens with zero attached hydrogens (tertiary/aromatic N) is 1. The van der Waals surface area contributed by atoms with Gasteiger partial charge in [-0.15, -0.1) is 0 Å². The summed E-state index contributed by atoms with van der Waals surface area (Å²) < 4.78 is 0. The number of likely N-dealkylation sites (tertiary alicyclic amines) is 1. The van der Waals surface area contributed by atoms with Crippen LogP contribution in [0.4, 0.5) is 0 Å². The van der Waals surface area contributed by atoms with Crippen molar-refractivity contribution < 1.29 is 4.79 Å². The van der Waals surface area contributed by atoms with Crippen LogP contribution in [0.1, 0.15) is 18.4 Å². The van der Waals surface area contributed by atoms with Crippen LogP contribution >= 0.6 is 0 Å². The smallest absolute Gasteiger partial charge is 0.146 e.